The maximum absolute atomic E-state index is 13.9. The van der Waals surface area contributed by atoms with Crippen molar-refractivity contribution in [1.82, 2.24) is 35.7 Å². The molecule has 0 bridgehead atoms. The van der Waals surface area contributed by atoms with Gasteiger partial charge >= 0.3 is 12.0 Å². The number of nitrogens with zero attached hydrogens (tertiary/aromatic N) is 4. The molecule has 5 amide bonds. The van der Waals surface area contributed by atoms with Gasteiger partial charge in [0.2, 0.25) is 11.3 Å². The lowest BCUT2D eigenvalue weighted by Gasteiger charge is -2.49. The number of amides is 5. The Morgan fingerprint density at radius 2 is 1.96 bits per heavy atom. The number of carbonyl (C=O) groups is 5. The number of carbonyl (C=O) groups excluding carboxylic acids is 4. The second-order valence-corrected chi connectivity index (χ2v) is 13.0. The number of thiocarbonyl (C=S) groups is 1. The number of anilines is 1. The highest BCUT2D eigenvalue weighted by molar-refractivity contribution is 8.00. The summed E-state index contributed by atoms with van der Waals surface area (Å²) < 4.78 is 0. The Bertz CT molecular complexity index is 2170. The van der Waals surface area contributed by atoms with E-state index in [4.69, 9.17) is 18.0 Å². The number of benzene rings is 1. The van der Waals surface area contributed by atoms with Crippen LogP contribution >= 0.6 is 35.3 Å². The number of fused-ring (bicyclic) bond motifs is 2. The SMILES string of the molecule is NC(=O)Nc1cccc(C(NC(=O)c2c[nH]c3cccnc3c2=O)C(=O)NC2C(=O)N3C(C(=O)O)=C(C(=S)c4nnc(CO)s4)CS[C@@H]23)c1. The smallest absolute Gasteiger partial charge is 0.353 e. The Balaban J connectivity index is 1.28. The summed E-state index contributed by atoms with van der Waals surface area (Å²) >= 11 is 7.61. The van der Waals surface area contributed by atoms with Crippen LogP contribution < -0.4 is 27.1 Å². The molecule has 2 aliphatic heterocycles. The number of carboxylic acids is 1. The van der Waals surface area contributed by atoms with E-state index in [1.807, 2.05) is 0 Å². The number of primary amides is 1. The van der Waals surface area contributed by atoms with Crippen molar-refractivity contribution in [3.63, 3.8) is 0 Å². The minimum Gasteiger partial charge on any atom is -0.477 e. The number of hydrogen-bond donors (Lipinski definition) is 7. The lowest BCUT2D eigenvalue weighted by atomic mass is 9.99. The molecule has 1 fully saturated rings. The van der Waals surface area contributed by atoms with Gasteiger partial charge in [-0.15, -0.1) is 22.0 Å². The van der Waals surface area contributed by atoms with Crippen molar-refractivity contribution in [3.8, 4) is 0 Å². The molecule has 3 atom stereocenters. The van der Waals surface area contributed by atoms with Crippen LogP contribution in [0.3, 0.4) is 0 Å². The molecule has 250 valence electrons. The Hall–Kier alpha value is -5.57. The molecule has 2 aliphatic rings. The van der Waals surface area contributed by atoms with E-state index >= 15 is 0 Å². The summed E-state index contributed by atoms with van der Waals surface area (Å²) in [7, 11) is 0. The van der Waals surface area contributed by atoms with Crippen LogP contribution in [-0.4, -0.2) is 87.0 Å². The highest BCUT2D eigenvalue weighted by atomic mass is 32.2. The summed E-state index contributed by atoms with van der Waals surface area (Å²) in [6.07, 6.45) is 2.57. The van der Waals surface area contributed by atoms with Crippen LogP contribution in [0.4, 0.5) is 10.5 Å². The van der Waals surface area contributed by atoms with E-state index < -0.39 is 52.6 Å². The van der Waals surface area contributed by atoms with Crippen molar-refractivity contribution in [1.29, 1.82) is 0 Å². The molecule has 20 heteroatoms. The highest BCUT2D eigenvalue weighted by Crippen LogP contribution is 2.41. The Morgan fingerprint density at radius 3 is 2.67 bits per heavy atom. The first-order chi connectivity index (χ1) is 23.5. The number of hydrogen-bond acceptors (Lipinski definition) is 13. The maximum Gasteiger partial charge on any atom is 0.353 e. The van der Waals surface area contributed by atoms with Gasteiger partial charge in [0.15, 0.2) is 5.01 Å². The number of nitrogens with one attached hydrogen (secondary N) is 4. The number of carboxylic acid groups (broad SMARTS) is 1. The third-order valence-corrected chi connectivity index (χ3v) is 10.2. The van der Waals surface area contributed by atoms with Crippen LogP contribution in [0, 0.1) is 0 Å². The topological polar surface area (TPSA) is 263 Å². The van der Waals surface area contributed by atoms with Crippen LogP contribution in [0.25, 0.3) is 11.0 Å². The van der Waals surface area contributed by atoms with Gasteiger partial charge in [0.1, 0.15) is 39.2 Å². The minimum atomic E-state index is -1.51. The first-order valence-electron chi connectivity index (χ1n) is 14.1. The summed E-state index contributed by atoms with van der Waals surface area (Å²) in [5.74, 6) is -3.93. The molecule has 49 heavy (non-hydrogen) atoms. The van der Waals surface area contributed by atoms with Crippen LogP contribution in [0.15, 0.2) is 64.9 Å². The number of urea groups is 1. The molecular weight excluding hydrogens is 699 g/mol. The van der Waals surface area contributed by atoms with Crippen LogP contribution in [-0.2, 0) is 21.0 Å². The van der Waals surface area contributed by atoms with Gasteiger partial charge in [-0.2, -0.15) is 0 Å². The van der Waals surface area contributed by atoms with Gasteiger partial charge < -0.3 is 36.9 Å². The van der Waals surface area contributed by atoms with E-state index in [2.05, 4.69) is 36.1 Å². The second kappa shape index (κ2) is 13.5. The Kier molecular flexibility index (Phi) is 9.19. The molecule has 17 nitrogen and oxygen atoms in total. The Labute approximate surface area is 288 Å². The number of pyridine rings is 2. The van der Waals surface area contributed by atoms with Gasteiger partial charge in [0, 0.05) is 29.4 Å². The number of thioether (sulfide) groups is 1. The third-order valence-electron chi connectivity index (χ3n) is 7.45. The van der Waals surface area contributed by atoms with Gasteiger partial charge in [0.25, 0.3) is 11.8 Å². The van der Waals surface area contributed by atoms with Crippen molar-refractivity contribution >= 4 is 86.6 Å². The van der Waals surface area contributed by atoms with Gasteiger partial charge in [-0.3, -0.25) is 29.1 Å². The number of aliphatic hydroxyl groups is 1. The lowest BCUT2D eigenvalue weighted by Crippen LogP contribution is -2.71. The third kappa shape index (κ3) is 6.36. The monoisotopic (exact) mass is 721 g/mol. The predicted octanol–water partition coefficient (Wildman–Crippen LogP) is 0.385. The van der Waals surface area contributed by atoms with Crippen molar-refractivity contribution < 1.29 is 34.2 Å². The average Bonchev–Trinajstić information content (AvgIpc) is 3.58. The number of aliphatic carboxylic acids is 1. The van der Waals surface area contributed by atoms with Gasteiger partial charge in [-0.25, -0.2) is 9.59 Å². The highest BCUT2D eigenvalue weighted by Gasteiger charge is 2.55. The zero-order valence-corrected chi connectivity index (χ0v) is 27.1. The molecule has 2 unspecified atom stereocenters. The first kappa shape index (κ1) is 33.3. The molecule has 6 rings (SSSR count). The molecule has 0 radical (unpaired) electrons. The number of aromatic amines is 1. The summed E-state index contributed by atoms with van der Waals surface area (Å²) in [5, 5.41) is 34.3. The zero-order valence-electron chi connectivity index (χ0n) is 24.7. The van der Waals surface area contributed by atoms with Crippen molar-refractivity contribution in [3.05, 3.63) is 91.4 Å². The number of nitrogens with two attached hydrogens (primary N) is 1. The largest absolute Gasteiger partial charge is 0.477 e. The molecule has 3 aromatic heterocycles. The van der Waals surface area contributed by atoms with Gasteiger partial charge in [-0.05, 0) is 29.8 Å². The predicted molar refractivity (Wildman–Crippen MR) is 179 cm³/mol. The summed E-state index contributed by atoms with van der Waals surface area (Å²) in [6, 6.07) is 5.44. The van der Waals surface area contributed by atoms with Crippen LogP contribution in [0.5, 0.6) is 0 Å². The molecule has 0 aliphatic carbocycles. The van der Waals surface area contributed by atoms with E-state index in [-0.39, 0.29) is 60.8 Å². The fourth-order valence-electron chi connectivity index (χ4n) is 5.23. The molecule has 4 aromatic rings. The summed E-state index contributed by atoms with van der Waals surface area (Å²) in [4.78, 5) is 85.7. The normalized spacial score (nSPS) is 17.5. The summed E-state index contributed by atoms with van der Waals surface area (Å²) in [6.45, 7) is -0.378. The fourth-order valence-corrected chi connectivity index (χ4v) is 7.68. The number of rotatable bonds is 10. The molecule has 1 aromatic carbocycles. The first-order valence-corrected chi connectivity index (χ1v) is 16.4. The van der Waals surface area contributed by atoms with E-state index in [1.165, 1.54) is 36.7 Å². The van der Waals surface area contributed by atoms with E-state index in [1.54, 1.807) is 12.1 Å². The lowest BCUT2D eigenvalue weighted by molar-refractivity contribution is -0.150. The average molecular weight is 722 g/mol. The molecule has 1 saturated heterocycles. The van der Waals surface area contributed by atoms with Crippen molar-refractivity contribution in [2.24, 2.45) is 5.73 Å². The number of aromatic nitrogens is 4. The second-order valence-electron chi connectivity index (χ2n) is 10.5. The van der Waals surface area contributed by atoms with E-state index in [0.29, 0.717) is 5.52 Å². The Morgan fingerprint density at radius 1 is 1.16 bits per heavy atom. The molecule has 5 heterocycles. The quantitative estimate of drug-likeness (QED) is 0.0665. The van der Waals surface area contributed by atoms with Crippen molar-refractivity contribution in [2.75, 3.05) is 11.1 Å². The van der Waals surface area contributed by atoms with E-state index in [0.717, 1.165) is 28.0 Å². The zero-order chi connectivity index (χ0) is 35.0. The molecule has 0 saturated carbocycles. The molecular formula is C29H23N9O8S3. The van der Waals surface area contributed by atoms with Gasteiger partial charge in [0.05, 0.1) is 17.0 Å². The van der Waals surface area contributed by atoms with E-state index in [9.17, 15) is 39.0 Å². The number of H-pyrrole nitrogens is 1. The maximum atomic E-state index is 13.9. The summed E-state index contributed by atoms with van der Waals surface area (Å²) in [5.41, 5.74) is 4.73. The molecule has 0 spiro atoms. The van der Waals surface area contributed by atoms with Crippen LogP contribution in [0.1, 0.15) is 32.0 Å². The minimum absolute atomic E-state index is 0.000568. The van der Waals surface area contributed by atoms with Crippen LogP contribution in [0.2, 0.25) is 0 Å². The fraction of sp³-hybridized carbons (Fsp3) is 0.172. The number of β-lactam (4-membered cyclic amide) rings is 1. The number of aliphatic hydroxyl groups excluding tert-OH is 1. The molecule has 8 N–H and O–H groups in total. The van der Waals surface area contributed by atoms with Crippen molar-refractivity contribution in [2.45, 2.75) is 24.1 Å². The van der Waals surface area contributed by atoms with Gasteiger partial charge in [-0.1, -0.05) is 35.7 Å². The standard InChI is InChI=1S/C29H23N9O8S3/c30-29(46)33-12-4-1-3-11(7-12)17(34-23(41)13-8-32-15-5-2-6-31-18(15)21(13)40)24(42)35-19-26(43)38-20(28(44)45)14(10-48-27(19)38)22(47)25-37-36-16(9-39)49-25/h1-8,17,19,27,39H,9-10H2,(H,32,40)(H,34,41)(H,35,42)(H,44,45)(H3,30,33,46)/t17?,19?,27-/m0/s1.